The number of carbonyl (C=O) groups is 3. The van der Waals surface area contributed by atoms with Crippen LogP contribution in [0.2, 0.25) is 0 Å². The van der Waals surface area contributed by atoms with Gasteiger partial charge in [0.25, 0.3) is 0 Å². The highest BCUT2D eigenvalue weighted by Crippen LogP contribution is 2.18. The maximum Gasteiger partial charge on any atom is 0.306 e. The summed E-state index contributed by atoms with van der Waals surface area (Å²) in [5.41, 5.74) is 0. The minimum Gasteiger partial charge on any atom is -0.462 e. The Morgan fingerprint density at radius 2 is 0.486 bits per heavy atom. The highest BCUT2D eigenvalue weighted by molar-refractivity contribution is 5.71. The Kier molecular flexibility index (Phi) is 61.6. The molecule has 0 aliphatic carbocycles. The molecule has 0 bridgehead atoms. The zero-order valence-corrected chi connectivity index (χ0v) is 50.1. The molecule has 0 aliphatic rings. The Hall–Kier alpha value is -2.11. The smallest absolute Gasteiger partial charge is 0.306 e. The summed E-state index contributed by atoms with van der Waals surface area (Å²) in [4.78, 5) is 37.9. The predicted octanol–water partition coefficient (Wildman–Crippen LogP) is 22.6. The number of unbranched alkanes of at least 4 members (excludes halogenated alkanes) is 47. The summed E-state index contributed by atoms with van der Waals surface area (Å²) < 4.78 is 16.8. The van der Waals surface area contributed by atoms with E-state index >= 15 is 0 Å². The fraction of sp³-hybridized carbons (Fsp3) is 0.897. The molecule has 0 saturated carbocycles. The van der Waals surface area contributed by atoms with E-state index in [4.69, 9.17) is 14.2 Å². The molecule has 0 saturated heterocycles. The molecular formula is C68H128O6. The number of hydrogen-bond donors (Lipinski definition) is 0. The second-order valence-electron chi connectivity index (χ2n) is 22.7. The van der Waals surface area contributed by atoms with E-state index in [1.54, 1.807) is 0 Å². The van der Waals surface area contributed by atoms with Crippen molar-refractivity contribution in [1.82, 2.24) is 0 Å². The first-order valence-electron chi connectivity index (χ1n) is 33.3. The van der Waals surface area contributed by atoms with Crippen molar-refractivity contribution in [2.75, 3.05) is 13.2 Å². The topological polar surface area (TPSA) is 78.9 Å². The van der Waals surface area contributed by atoms with Gasteiger partial charge in [0.2, 0.25) is 0 Å². The zero-order valence-electron chi connectivity index (χ0n) is 50.1. The summed E-state index contributed by atoms with van der Waals surface area (Å²) in [5, 5.41) is 0. The standard InChI is InChI=1S/C68H128O6/c1-4-7-10-13-16-18-20-22-24-25-26-27-28-29-30-31-32-33-34-35-36-37-38-39-40-41-42-43-45-46-48-50-52-55-58-61-67(70)73-64-65(63-72-66(69)60-57-54-15-12-9-6-3)74-68(71)62-59-56-53-51-49-47-44-23-21-19-17-14-11-8-5-2/h20,22,25-26,65H,4-19,21,23-24,27-64H2,1-3H3/b22-20-,26-25-. The molecule has 0 aliphatic heterocycles. The van der Waals surface area contributed by atoms with Crippen LogP contribution in [0.5, 0.6) is 0 Å². The lowest BCUT2D eigenvalue weighted by Crippen LogP contribution is -2.30. The normalized spacial score (nSPS) is 12.1. The van der Waals surface area contributed by atoms with Crippen molar-refractivity contribution >= 4 is 17.9 Å². The lowest BCUT2D eigenvalue weighted by atomic mass is 10.0. The van der Waals surface area contributed by atoms with Gasteiger partial charge in [-0.25, -0.2) is 0 Å². The third-order valence-corrected chi connectivity index (χ3v) is 15.2. The monoisotopic (exact) mass is 1040 g/mol. The van der Waals surface area contributed by atoms with Crippen LogP contribution < -0.4 is 0 Å². The number of hydrogen-bond acceptors (Lipinski definition) is 6. The maximum absolute atomic E-state index is 12.8. The average Bonchev–Trinajstić information content (AvgIpc) is 3.40. The Bertz CT molecular complexity index is 1190. The van der Waals surface area contributed by atoms with E-state index in [1.807, 2.05) is 0 Å². The average molecular weight is 1040 g/mol. The van der Waals surface area contributed by atoms with E-state index < -0.39 is 6.10 Å². The van der Waals surface area contributed by atoms with Gasteiger partial charge >= 0.3 is 17.9 Å². The van der Waals surface area contributed by atoms with Crippen LogP contribution in [0.3, 0.4) is 0 Å². The highest BCUT2D eigenvalue weighted by Gasteiger charge is 2.19. The first-order valence-corrected chi connectivity index (χ1v) is 33.3. The molecule has 0 radical (unpaired) electrons. The van der Waals surface area contributed by atoms with Gasteiger partial charge in [0.1, 0.15) is 13.2 Å². The van der Waals surface area contributed by atoms with Crippen LogP contribution in [-0.4, -0.2) is 37.2 Å². The molecule has 0 amide bonds. The summed E-state index contributed by atoms with van der Waals surface area (Å²) >= 11 is 0. The molecule has 0 fully saturated rings. The molecule has 1 unspecified atom stereocenters. The molecule has 6 heteroatoms. The predicted molar refractivity (Wildman–Crippen MR) is 321 cm³/mol. The number of ether oxygens (including phenoxy) is 3. The van der Waals surface area contributed by atoms with Gasteiger partial charge in [-0.05, 0) is 51.4 Å². The maximum atomic E-state index is 12.8. The fourth-order valence-corrected chi connectivity index (χ4v) is 10.2. The second kappa shape index (κ2) is 63.4. The molecule has 1 atom stereocenters. The summed E-state index contributed by atoms with van der Waals surface area (Å²) in [5.74, 6) is -0.849. The molecule has 0 rings (SSSR count). The molecular weight excluding hydrogens is 913 g/mol. The second-order valence-corrected chi connectivity index (χ2v) is 22.7. The third-order valence-electron chi connectivity index (χ3n) is 15.2. The quantitative estimate of drug-likeness (QED) is 0.0261. The van der Waals surface area contributed by atoms with Gasteiger partial charge < -0.3 is 14.2 Å². The number of carbonyl (C=O) groups excluding carboxylic acids is 3. The molecule has 0 aromatic heterocycles. The van der Waals surface area contributed by atoms with Crippen molar-refractivity contribution in [3.8, 4) is 0 Å². The minimum absolute atomic E-state index is 0.0642. The van der Waals surface area contributed by atoms with Crippen molar-refractivity contribution < 1.29 is 28.6 Å². The van der Waals surface area contributed by atoms with Crippen molar-refractivity contribution in [3.05, 3.63) is 24.3 Å². The first-order chi connectivity index (χ1) is 36.5. The molecule has 0 spiro atoms. The Labute approximate surface area is 462 Å². The van der Waals surface area contributed by atoms with Crippen LogP contribution in [0.1, 0.15) is 374 Å². The van der Waals surface area contributed by atoms with Crippen LogP contribution >= 0.6 is 0 Å². The van der Waals surface area contributed by atoms with Gasteiger partial charge in [0.05, 0.1) is 0 Å². The van der Waals surface area contributed by atoms with Crippen LogP contribution in [0.25, 0.3) is 0 Å². The van der Waals surface area contributed by atoms with Gasteiger partial charge in [-0.1, -0.05) is 328 Å². The molecule has 0 aromatic carbocycles. The van der Waals surface area contributed by atoms with Gasteiger partial charge in [0.15, 0.2) is 6.10 Å². The lowest BCUT2D eigenvalue weighted by molar-refractivity contribution is -0.167. The van der Waals surface area contributed by atoms with Gasteiger partial charge in [-0.15, -0.1) is 0 Å². The van der Waals surface area contributed by atoms with Crippen LogP contribution in [-0.2, 0) is 28.6 Å². The Morgan fingerprint density at radius 3 is 0.743 bits per heavy atom. The van der Waals surface area contributed by atoms with Gasteiger partial charge in [-0.3, -0.25) is 14.4 Å². The third kappa shape index (κ3) is 60.8. The van der Waals surface area contributed by atoms with E-state index in [1.165, 1.54) is 270 Å². The number of allylic oxidation sites excluding steroid dienone is 4. The SMILES string of the molecule is CCCCCCC/C=C\C/C=C\CCCCCCCCCCCCCCCCCCCCCCCCCC(=O)OCC(COC(=O)CCCCCCCC)OC(=O)CCCCCCCCCCCCCCCCC. The van der Waals surface area contributed by atoms with E-state index in [9.17, 15) is 14.4 Å². The van der Waals surface area contributed by atoms with E-state index in [-0.39, 0.29) is 31.1 Å². The van der Waals surface area contributed by atoms with Crippen molar-refractivity contribution in [2.24, 2.45) is 0 Å². The number of esters is 3. The van der Waals surface area contributed by atoms with Crippen molar-refractivity contribution in [2.45, 2.75) is 380 Å². The Morgan fingerprint density at radius 1 is 0.270 bits per heavy atom. The summed E-state index contributed by atoms with van der Waals surface area (Å²) in [6, 6.07) is 0. The molecule has 0 N–H and O–H groups in total. The van der Waals surface area contributed by atoms with E-state index in [2.05, 4.69) is 45.1 Å². The molecule has 0 heterocycles. The summed E-state index contributed by atoms with van der Waals surface area (Å²) in [6.07, 6.45) is 76.8. The van der Waals surface area contributed by atoms with E-state index in [0.717, 1.165) is 64.2 Å². The minimum atomic E-state index is -0.762. The first kappa shape index (κ1) is 71.9. The molecule has 74 heavy (non-hydrogen) atoms. The van der Waals surface area contributed by atoms with Crippen molar-refractivity contribution in [3.63, 3.8) is 0 Å². The molecule has 0 aromatic rings. The highest BCUT2D eigenvalue weighted by atomic mass is 16.6. The zero-order chi connectivity index (χ0) is 53.6. The van der Waals surface area contributed by atoms with Gasteiger partial charge in [0, 0.05) is 19.3 Å². The van der Waals surface area contributed by atoms with Crippen LogP contribution in [0.15, 0.2) is 24.3 Å². The Balaban J connectivity index is 3.86. The fourth-order valence-electron chi connectivity index (χ4n) is 10.2. The number of rotatable bonds is 62. The lowest BCUT2D eigenvalue weighted by Gasteiger charge is -2.18. The largest absolute Gasteiger partial charge is 0.462 e. The molecule has 6 nitrogen and oxygen atoms in total. The molecule has 436 valence electrons. The van der Waals surface area contributed by atoms with Crippen LogP contribution in [0, 0.1) is 0 Å². The van der Waals surface area contributed by atoms with Crippen LogP contribution in [0.4, 0.5) is 0 Å². The summed E-state index contributed by atoms with van der Waals surface area (Å²) in [6.45, 7) is 6.63. The van der Waals surface area contributed by atoms with E-state index in [0.29, 0.717) is 19.3 Å². The summed E-state index contributed by atoms with van der Waals surface area (Å²) in [7, 11) is 0. The van der Waals surface area contributed by atoms with Crippen molar-refractivity contribution in [1.29, 1.82) is 0 Å². The van der Waals surface area contributed by atoms with Gasteiger partial charge in [-0.2, -0.15) is 0 Å².